The highest BCUT2D eigenvalue weighted by Gasteiger charge is 2.12. The Kier molecular flexibility index (Phi) is 4.13. The Morgan fingerprint density at radius 1 is 1.64 bits per heavy atom. The van der Waals surface area contributed by atoms with Gasteiger partial charge in [0.2, 0.25) is 0 Å². The van der Waals surface area contributed by atoms with E-state index >= 15 is 0 Å². The number of carbonyl (C=O) groups excluding carboxylic acids is 1. The maximum atomic E-state index is 11.7. The van der Waals surface area contributed by atoms with Crippen LogP contribution in [0.3, 0.4) is 0 Å². The molecule has 0 radical (unpaired) electrons. The molecule has 0 aliphatic rings. The van der Waals surface area contributed by atoms with Gasteiger partial charge in [-0.15, -0.1) is 11.3 Å². The smallest absolute Gasteiger partial charge is 0.252 e. The van der Waals surface area contributed by atoms with Crippen LogP contribution in [0.1, 0.15) is 27.7 Å². The highest BCUT2D eigenvalue weighted by Crippen LogP contribution is 2.20. The van der Waals surface area contributed by atoms with Crippen molar-refractivity contribution in [3.63, 3.8) is 0 Å². The van der Waals surface area contributed by atoms with E-state index in [4.69, 9.17) is 0 Å². The molecule has 1 heterocycles. The minimum atomic E-state index is 0.0261. The van der Waals surface area contributed by atoms with E-state index in [1.54, 1.807) is 11.3 Å². The minimum Gasteiger partial charge on any atom is -0.351 e. The summed E-state index contributed by atoms with van der Waals surface area (Å²) in [6.45, 7) is 6.68. The van der Waals surface area contributed by atoms with Crippen molar-refractivity contribution in [3.05, 3.63) is 21.4 Å². The molecule has 1 aromatic rings. The van der Waals surface area contributed by atoms with Crippen molar-refractivity contribution in [3.8, 4) is 0 Å². The summed E-state index contributed by atoms with van der Waals surface area (Å²) in [6.07, 6.45) is 0. The number of alkyl halides is 1. The molecule has 0 saturated carbocycles. The Balaban J connectivity index is 2.66. The van der Waals surface area contributed by atoms with Crippen molar-refractivity contribution < 1.29 is 4.79 Å². The number of thiophene rings is 1. The lowest BCUT2D eigenvalue weighted by molar-refractivity contribution is 0.0954. The molecular formula is C10H14BrNOS. The summed E-state index contributed by atoms with van der Waals surface area (Å²) in [6, 6.07) is 0. The zero-order valence-electron chi connectivity index (χ0n) is 8.56. The van der Waals surface area contributed by atoms with Gasteiger partial charge in [0.1, 0.15) is 0 Å². The van der Waals surface area contributed by atoms with Gasteiger partial charge in [0.15, 0.2) is 0 Å². The first-order chi connectivity index (χ1) is 6.52. The summed E-state index contributed by atoms with van der Waals surface area (Å²) in [5.74, 6) is 0.0261. The van der Waals surface area contributed by atoms with Crippen LogP contribution < -0.4 is 5.32 Å². The molecule has 0 aliphatic carbocycles. The molecule has 78 valence electrons. The van der Waals surface area contributed by atoms with Gasteiger partial charge in [0.25, 0.3) is 5.91 Å². The first kappa shape index (κ1) is 11.7. The molecule has 0 aromatic carbocycles. The number of hydrogen-bond acceptors (Lipinski definition) is 2. The predicted octanol–water partition coefficient (Wildman–Crippen LogP) is 2.88. The predicted molar refractivity (Wildman–Crippen MR) is 64.5 cm³/mol. The zero-order valence-corrected chi connectivity index (χ0v) is 11.0. The number of hydrogen-bond donors (Lipinski definition) is 1. The van der Waals surface area contributed by atoms with Crippen molar-refractivity contribution in [2.24, 2.45) is 0 Å². The average Bonchev–Trinajstić information content (AvgIpc) is 2.44. The van der Waals surface area contributed by atoms with Gasteiger partial charge in [-0.1, -0.05) is 22.9 Å². The lowest BCUT2D eigenvalue weighted by atomic mass is 10.1. The highest BCUT2D eigenvalue weighted by atomic mass is 79.9. The number of carbonyl (C=O) groups is 1. The Labute approximate surface area is 96.8 Å². The lowest BCUT2D eigenvalue weighted by Crippen LogP contribution is -2.28. The van der Waals surface area contributed by atoms with E-state index in [1.165, 1.54) is 4.88 Å². The second-order valence-electron chi connectivity index (χ2n) is 3.32. The number of amides is 1. The van der Waals surface area contributed by atoms with Crippen LogP contribution in [0.4, 0.5) is 0 Å². The molecule has 1 unspecified atom stereocenters. The summed E-state index contributed by atoms with van der Waals surface area (Å²) in [4.78, 5) is 13.2. The molecule has 0 aliphatic heterocycles. The standard InChI is InChI=1S/C10H14BrNOS/c1-6(11)4-12-10(13)9-5-14-8(3)7(9)2/h5-6H,4H2,1-3H3,(H,12,13). The van der Waals surface area contributed by atoms with Crippen LogP contribution in [-0.4, -0.2) is 17.3 Å². The summed E-state index contributed by atoms with van der Waals surface area (Å²) in [7, 11) is 0. The van der Waals surface area contributed by atoms with Crippen LogP contribution in [0.15, 0.2) is 5.38 Å². The van der Waals surface area contributed by atoms with E-state index in [0.29, 0.717) is 11.4 Å². The fourth-order valence-electron chi connectivity index (χ4n) is 1.07. The van der Waals surface area contributed by atoms with Gasteiger partial charge in [-0.25, -0.2) is 0 Å². The monoisotopic (exact) mass is 275 g/mol. The second-order valence-corrected chi connectivity index (χ2v) is 5.97. The largest absolute Gasteiger partial charge is 0.351 e. The number of aryl methyl sites for hydroxylation is 1. The average molecular weight is 276 g/mol. The van der Waals surface area contributed by atoms with Gasteiger partial charge in [-0.3, -0.25) is 4.79 Å². The second kappa shape index (κ2) is 4.94. The topological polar surface area (TPSA) is 29.1 Å². The Bertz CT molecular complexity index is 333. The molecule has 2 nitrogen and oxygen atoms in total. The van der Waals surface area contributed by atoms with Crippen LogP contribution >= 0.6 is 27.3 Å². The normalized spacial score (nSPS) is 12.6. The third kappa shape index (κ3) is 2.82. The summed E-state index contributed by atoms with van der Waals surface area (Å²) in [5.41, 5.74) is 1.90. The number of rotatable bonds is 3. The highest BCUT2D eigenvalue weighted by molar-refractivity contribution is 9.09. The number of nitrogens with one attached hydrogen (secondary N) is 1. The first-order valence-electron chi connectivity index (χ1n) is 4.49. The maximum Gasteiger partial charge on any atom is 0.252 e. The quantitative estimate of drug-likeness (QED) is 0.845. The van der Waals surface area contributed by atoms with Crippen molar-refractivity contribution in [1.82, 2.24) is 5.32 Å². The summed E-state index contributed by atoms with van der Waals surface area (Å²) >= 11 is 5.01. The molecule has 1 N–H and O–H groups in total. The van der Waals surface area contributed by atoms with Crippen LogP contribution in [0.5, 0.6) is 0 Å². The van der Waals surface area contributed by atoms with Crippen molar-refractivity contribution in [2.45, 2.75) is 25.6 Å². The lowest BCUT2D eigenvalue weighted by Gasteiger charge is -2.06. The molecule has 0 fully saturated rings. The van der Waals surface area contributed by atoms with Gasteiger partial charge >= 0.3 is 0 Å². The summed E-state index contributed by atoms with van der Waals surface area (Å²) in [5, 5.41) is 4.79. The van der Waals surface area contributed by atoms with E-state index in [2.05, 4.69) is 21.2 Å². The van der Waals surface area contributed by atoms with Crippen LogP contribution in [0.2, 0.25) is 0 Å². The molecule has 1 atom stereocenters. The van der Waals surface area contributed by atoms with E-state index in [0.717, 1.165) is 11.1 Å². The maximum absolute atomic E-state index is 11.7. The van der Waals surface area contributed by atoms with Gasteiger partial charge in [-0.05, 0) is 19.4 Å². The van der Waals surface area contributed by atoms with Crippen molar-refractivity contribution in [2.75, 3.05) is 6.54 Å². The van der Waals surface area contributed by atoms with Crippen LogP contribution in [0, 0.1) is 13.8 Å². The zero-order chi connectivity index (χ0) is 10.7. The molecule has 1 rings (SSSR count). The van der Waals surface area contributed by atoms with Gasteiger partial charge in [0, 0.05) is 21.6 Å². The Hall–Kier alpha value is -0.350. The Morgan fingerprint density at radius 3 is 2.71 bits per heavy atom. The summed E-state index contributed by atoms with van der Waals surface area (Å²) < 4.78 is 0. The van der Waals surface area contributed by atoms with Crippen LogP contribution in [0.25, 0.3) is 0 Å². The third-order valence-corrected chi connectivity index (χ3v) is 3.41. The van der Waals surface area contributed by atoms with Crippen molar-refractivity contribution in [1.29, 1.82) is 0 Å². The molecule has 0 bridgehead atoms. The van der Waals surface area contributed by atoms with Crippen molar-refractivity contribution >= 4 is 33.2 Å². The van der Waals surface area contributed by atoms with E-state index < -0.39 is 0 Å². The minimum absolute atomic E-state index is 0.0261. The molecule has 0 spiro atoms. The first-order valence-corrected chi connectivity index (χ1v) is 6.29. The molecule has 0 saturated heterocycles. The molecule has 1 aromatic heterocycles. The third-order valence-electron chi connectivity index (χ3n) is 2.07. The van der Waals surface area contributed by atoms with Crippen LogP contribution in [-0.2, 0) is 0 Å². The Morgan fingerprint density at radius 2 is 2.29 bits per heavy atom. The van der Waals surface area contributed by atoms with Gasteiger partial charge in [0.05, 0.1) is 5.56 Å². The van der Waals surface area contributed by atoms with E-state index in [1.807, 2.05) is 26.2 Å². The molecule has 4 heteroatoms. The molecule has 14 heavy (non-hydrogen) atoms. The van der Waals surface area contributed by atoms with Gasteiger partial charge < -0.3 is 5.32 Å². The fraction of sp³-hybridized carbons (Fsp3) is 0.500. The SMILES string of the molecule is Cc1scc(C(=O)NCC(C)Br)c1C. The molecule has 1 amide bonds. The number of halogens is 1. The van der Waals surface area contributed by atoms with E-state index in [9.17, 15) is 4.79 Å². The molecular weight excluding hydrogens is 262 g/mol. The van der Waals surface area contributed by atoms with E-state index in [-0.39, 0.29) is 5.91 Å². The fourth-order valence-corrected chi connectivity index (χ4v) is 2.09. The van der Waals surface area contributed by atoms with Gasteiger partial charge in [-0.2, -0.15) is 0 Å².